The van der Waals surface area contributed by atoms with Crippen molar-refractivity contribution < 1.29 is 14.7 Å². The number of carbonyl (C=O) groups excluding carboxylic acids is 1. The first-order valence-electron chi connectivity index (χ1n) is 8.19. The van der Waals surface area contributed by atoms with Gasteiger partial charge in [-0.15, -0.1) is 0 Å². The molecule has 1 N–H and O–H groups in total. The lowest BCUT2D eigenvalue weighted by Gasteiger charge is -2.33. The fourth-order valence-electron chi connectivity index (χ4n) is 3.80. The Morgan fingerprint density at radius 3 is 2.77 bits per heavy atom. The van der Waals surface area contributed by atoms with Crippen LogP contribution in [0.3, 0.4) is 0 Å². The zero-order chi connectivity index (χ0) is 15.3. The van der Waals surface area contributed by atoms with Crippen molar-refractivity contribution in [1.82, 2.24) is 14.7 Å². The Balaban J connectivity index is 1.40. The highest BCUT2D eigenvalue weighted by molar-refractivity contribution is 5.86. The maximum Gasteiger partial charge on any atom is 0.338 e. The van der Waals surface area contributed by atoms with Gasteiger partial charge >= 0.3 is 5.97 Å². The van der Waals surface area contributed by atoms with Crippen molar-refractivity contribution in [3.8, 4) is 0 Å². The molecule has 1 aromatic rings. The molecule has 3 unspecified atom stereocenters. The van der Waals surface area contributed by atoms with Crippen LogP contribution in [0, 0.1) is 17.8 Å². The molecule has 118 valence electrons. The van der Waals surface area contributed by atoms with Gasteiger partial charge in [0.25, 0.3) is 0 Å². The zero-order valence-corrected chi connectivity index (χ0v) is 12.5. The third kappa shape index (κ3) is 2.51. The summed E-state index contributed by atoms with van der Waals surface area (Å²) in [6.07, 6.45) is 8.55. The van der Waals surface area contributed by atoms with Gasteiger partial charge in [-0.1, -0.05) is 0 Å². The summed E-state index contributed by atoms with van der Waals surface area (Å²) in [5, 5.41) is 13.2. The quantitative estimate of drug-likeness (QED) is 0.920. The number of hydrogen-bond acceptors (Lipinski definition) is 3. The molecule has 0 spiro atoms. The molecule has 3 fully saturated rings. The predicted octanol–water partition coefficient (Wildman–Crippen LogP) is 1.79. The molecule has 4 rings (SSSR count). The molecule has 22 heavy (non-hydrogen) atoms. The first kappa shape index (κ1) is 13.8. The molecule has 1 aromatic heterocycles. The average molecular weight is 303 g/mol. The topological polar surface area (TPSA) is 75.4 Å². The first-order chi connectivity index (χ1) is 10.6. The third-order valence-corrected chi connectivity index (χ3v) is 5.32. The molecular weight excluding hydrogens is 282 g/mol. The molecule has 0 bridgehead atoms. The highest BCUT2D eigenvalue weighted by Gasteiger charge is 2.52. The number of aromatic nitrogens is 2. The third-order valence-electron chi connectivity index (χ3n) is 5.32. The molecular formula is C16H21N3O3. The Bertz CT molecular complexity index is 608. The summed E-state index contributed by atoms with van der Waals surface area (Å²) in [7, 11) is 0. The predicted molar refractivity (Wildman–Crippen MR) is 78.4 cm³/mol. The number of aromatic carboxylic acids is 1. The Labute approximate surface area is 129 Å². The monoisotopic (exact) mass is 303 g/mol. The van der Waals surface area contributed by atoms with Crippen molar-refractivity contribution in [2.75, 3.05) is 13.1 Å². The molecule has 1 saturated heterocycles. The summed E-state index contributed by atoms with van der Waals surface area (Å²) in [5.74, 6) is 1.08. The van der Waals surface area contributed by atoms with E-state index in [4.69, 9.17) is 5.11 Å². The first-order valence-corrected chi connectivity index (χ1v) is 8.19. The van der Waals surface area contributed by atoms with Gasteiger partial charge in [0.05, 0.1) is 17.8 Å². The second kappa shape index (κ2) is 5.11. The van der Waals surface area contributed by atoms with E-state index in [0.717, 1.165) is 31.7 Å². The molecule has 0 radical (unpaired) electrons. The van der Waals surface area contributed by atoms with Gasteiger partial charge in [0, 0.05) is 25.2 Å². The van der Waals surface area contributed by atoms with Crippen LogP contribution in [0.4, 0.5) is 0 Å². The number of rotatable bonds is 4. The van der Waals surface area contributed by atoms with Gasteiger partial charge in [0.1, 0.15) is 0 Å². The van der Waals surface area contributed by atoms with E-state index in [0.29, 0.717) is 18.4 Å². The van der Waals surface area contributed by atoms with Crippen LogP contribution in [0.2, 0.25) is 0 Å². The molecule has 2 heterocycles. The van der Waals surface area contributed by atoms with Crippen molar-refractivity contribution in [3.63, 3.8) is 0 Å². The molecule has 6 heteroatoms. The lowest BCUT2D eigenvalue weighted by molar-refractivity contribution is -0.134. The number of carboxylic acid groups (broad SMARTS) is 1. The minimum Gasteiger partial charge on any atom is -0.478 e. The summed E-state index contributed by atoms with van der Waals surface area (Å²) >= 11 is 0. The summed E-state index contributed by atoms with van der Waals surface area (Å²) in [5.41, 5.74) is 0.208. The Hall–Kier alpha value is -1.85. The Kier molecular flexibility index (Phi) is 3.20. The number of carbonyl (C=O) groups is 2. The van der Waals surface area contributed by atoms with Crippen LogP contribution in [-0.4, -0.2) is 44.8 Å². The van der Waals surface area contributed by atoms with Crippen LogP contribution in [0.5, 0.6) is 0 Å². The lowest BCUT2D eigenvalue weighted by atomic mass is 10.0. The minimum atomic E-state index is -0.958. The molecule has 3 atom stereocenters. The van der Waals surface area contributed by atoms with Crippen LogP contribution in [0.15, 0.2) is 12.4 Å². The highest BCUT2D eigenvalue weighted by atomic mass is 16.4. The van der Waals surface area contributed by atoms with Gasteiger partial charge in [-0.25, -0.2) is 4.79 Å². The maximum atomic E-state index is 12.6. The molecule has 2 aliphatic carbocycles. The Morgan fingerprint density at radius 1 is 1.27 bits per heavy atom. The number of piperidine rings is 1. The van der Waals surface area contributed by atoms with Crippen molar-refractivity contribution >= 4 is 11.9 Å². The molecule has 1 aliphatic heterocycles. The van der Waals surface area contributed by atoms with Gasteiger partial charge in [-0.2, -0.15) is 5.10 Å². The van der Waals surface area contributed by atoms with Crippen LogP contribution < -0.4 is 0 Å². The molecule has 0 aromatic carbocycles. The number of likely N-dealkylation sites (tertiary alicyclic amines) is 1. The van der Waals surface area contributed by atoms with Crippen molar-refractivity contribution in [2.24, 2.45) is 17.8 Å². The van der Waals surface area contributed by atoms with Crippen LogP contribution >= 0.6 is 0 Å². The van der Waals surface area contributed by atoms with E-state index in [-0.39, 0.29) is 17.5 Å². The van der Waals surface area contributed by atoms with Gasteiger partial charge < -0.3 is 10.0 Å². The normalized spacial score (nSPS) is 31.1. The average Bonchev–Trinajstić information content (AvgIpc) is 3.42. The van der Waals surface area contributed by atoms with E-state index in [1.165, 1.54) is 19.0 Å². The number of nitrogens with zero attached hydrogens (tertiary/aromatic N) is 3. The fraction of sp³-hybridized carbons (Fsp3) is 0.688. The summed E-state index contributed by atoms with van der Waals surface area (Å²) in [6, 6.07) is 0.101. The van der Waals surface area contributed by atoms with E-state index >= 15 is 0 Å². The van der Waals surface area contributed by atoms with Gasteiger partial charge in [0.2, 0.25) is 5.91 Å². The standard InChI is InChI=1S/C16H21N3O3/c20-15(14-6-13(14)10-3-4-10)18-5-1-2-12(9-18)19-8-11(7-17-19)16(21)22/h7-8,10,12-14H,1-6,9H2,(H,21,22). The number of hydrogen-bond donors (Lipinski definition) is 1. The Morgan fingerprint density at radius 2 is 2.09 bits per heavy atom. The van der Waals surface area contributed by atoms with Gasteiger partial charge in [-0.05, 0) is 43.9 Å². The lowest BCUT2D eigenvalue weighted by Crippen LogP contribution is -2.41. The number of amides is 1. The summed E-state index contributed by atoms with van der Waals surface area (Å²) in [4.78, 5) is 25.5. The SMILES string of the molecule is O=C(O)c1cnn(C2CCCN(C(=O)C3CC3C3CC3)C2)c1. The highest BCUT2D eigenvalue weighted by Crippen LogP contribution is 2.55. The van der Waals surface area contributed by atoms with E-state index < -0.39 is 5.97 Å². The number of carboxylic acids is 1. The van der Waals surface area contributed by atoms with E-state index in [1.54, 1.807) is 10.9 Å². The van der Waals surface area contributed by atoms with Crippen molar-refractivity contribution in [2.45, 2.75) is 38.1 Å². The van der Waals surface area contributed by atoms with Crippen LogP contribution in [0.25, 0.3) is 0 Å². The molecule has 6 nitrogen and oxygen atoms in total. The van der Waals surface area contributed by atoms with Crippen LogP contribution in [0.1, 0.15) is 48.5 Å². The largest absolute Gasteiger partial charge is 0.478 e. The van der Waals surface area contributed by atoms with Crippen LogP contribution in [-0.2, 0) is 4.79 Å². The maximum absolute atomic E-state index is 12.6. The summed E-state index contributed by atoms with van der Waals surface area (Å²) < 4.78 is 1.72. The molecule has 1 amide bonds. The minimum absolute atomic E-state index is 0.101. The fourth-order valence-corrected chi connectivity index (χ4v) is 3.80. The van der Waals surface area contributed by atoms with Gasteiger partial charge in [0.15, 0.2) is 0 Å². The van der Waals surface area contributed by atoms with E-state index in [1.807, 2.05) is 4.90 Å². The van der Waals surface area contributed by atoms with Crippen molar-refractivity contribution in [1.29, 1.82) is 0 Å². The molecule has 2 saturated carbocycles. The van der Waals surface area contributed by atoms with E-state index in [2.05, 4.69) is 5.10 Å². The molecule has 3 aliphatic rings. The summed E-state index contributed by atoms with van der Waals surface area (Å²) in [6.45, 7) is 1.49. The van der Waals surface area contributed by atoms with E-state index in [9.17, 15) is 9.59 Å². The van der Waals surface area contributed by atoms with Gasteiger partial charge in [-0.3, -0.25) is 9.48 Å². The second-order valence-electron chi connectivity index (χ2n) is 6.94. The zero-order valence-electron chi connectivity index (χ0n) is 12.5. The second-order valence-corrected chi connectivity index (χ2v) is 6.94. The van der Waals surface area contributed by atoms with Crippen molar-refractivity contribution in [3.05, 3.63) is 18.0 Å². The smallest absolute Gasteiger partial charge is 0.338 e.